The van der Waals surface area contributed by atoms with Crippen molar-refractivity contribution in [3.63, 3.8) is 0 Å². The van der Waals surface area contributed by atoms with Crippen molar-refractivity contribution in [3.8, 4) is 0 Å². The first-order chi connectivity index (χ1) is 40.0. The van der Waals surface area contributed by atoms with Gasteiger partial charge in [0.25, 0.3) is 0 Å². The number of nitrogens with one attached hydrogen (secondary N) is 4. The van der Waals surface area contributed by atoms with E-state index >= 15 is 0 Å². The van der Waals surface area contributed by atoms with E-state index in [4.69, 9.17) is 28.4 Å². The Hall–Kier alpha value is -6.11. The Balaban J connectivity index is 1.46. The molecule has 2 aromatic rings. The number of benzene rings is 2. The molecule has 1 saturated heterocycles. The number of carbonyl (C=O) groups excluding carboxylic acids is 8. The molecule has 0 aromatic heterocycles. The maximum absolute atomic E-state index is 14.9. The second-order valence-electron chi connectivity index (χ2n) is 22.4. The van der Waals surface area contributed by atoms with Gasteiger partial charge in [-0.3, -0.25) is 34.1 Å². The minimum atomic E-state index is -0.997. The Bertz CT molecular complexity index is 2500. The number of likely N-dealkylation sites (N-methyl/N-ethyl adjacent to an activating group) is 2. The first kappa shape index (κ1) is 70.4. The number of anilines is 2. The summed E-state index contributed by atoms with van der Waals surface area (Å²) >= 11 is 1.34. The Labute approximate surface area is 500 Å². The van der Waals surface area contributed by atoms with Crippen LogP contribution in [0.3, 0.4) is 0 Å². The molecule has 1 unspecified atom stereocenters. The molecule has 11 atom stereocenters. The molecule has 23 heteroatoms. The number of ether oxygens (including phenoxy) is 6. The molecular weight excluding hydrogens is 1100 g/mol. The number of ketones is 1. The van der Waals surface area contributed by atoms with E-state index < -0.39 is 84.4 Å². The minimum absolute atomic E-state index is 0.0329. The highest BCUT2D eigenvalue weighted by Gasteiger charge is 2.44. The van der Waals surface area contributed by atoms with Gasteiger partial charge in [-0.2, -0.15) is 11.8 Å². The number of hydrogen-bond donors (Lipinski definition) is 5. The van der Waals surface area contributed by atoms with Gasteiger partial charge in [-0.15, -0.1) is 0 Å². The van der Waals surface area contributed by atoms with Crippen molar-refractivity contribution in [2.45, 2.75) is 149 Å². The standard InChI is InChI=1S/C61H93N7O15S/c1-14-39(6)55(50(78-11)32-53(72)68-28-18-23-48(68)57(79-12)40(7)58(74)63-41(8)56(73)43-20-16-15-17-21-43)66(9)59(75)45(37(2)3)31-49(69)54(38(4)5)67(10)61(77)82-33-42-24-25-46(65-60(76)83-44-22-19-29-80-36-81-34-44)47(30-42)64-51(70)26-27-62-52(71)35-84-13/h15-17,19-22,24-25,30,37-41,44-45,48,50,54-57,73H,14,18,23,26-29,31-36H2,1-13H3,(H,62,71)(H,63,74)(H,64,70)(H,65,76)/b22-19+/t39-,40+,41+,44?,45-,48-,50+,54-,55-,56+,57+/m0/s1. The van der Waals surface area contributed by atoms with E-state index in [2.05, 4.69) is 21.3 Å². The monoisotopic (exact) mass is 1200 g/mol. The predicted molar refractivity (Wildman–Crippen MR) is 321 cm³/mol. The normalized spacial score (nSPS) is 18.9. The summed E-state index contributed by atoms with van der Waals surface area (Å²) in [5, 5.41) is 22.0. The van der Waals surface area contributed by atoms with Crippen LogP contribution in [0.5, 0.6) is 0 Å². The van der Waals surface area contributed by atoms with Crippen molar-refractivity contribution in [1.29, 1.82) is 0 Å². The first-order valence-corrected chi connectivity index (χ1v) is 30.4. The fourth-order valence-electron chi connectivity index (χ4n) is 10.8. The van der Waals surface area contributed by atoms with Gasteiger partial charge in [0.05, 0.1) is 85.2 Å². The number of carbonyl (C=O) groups is 8. The number of thioether (sulfide) groups is 1. The molecule has 0 radical (unpaired) electrons. The van der Waals surface area contributed by atoms with Crippen LogP contribution >= 0.6 is 11.8 Å². The maximum atomic E-state index is 14.9. The van der Waals surface area contributed by atoms with Crippen molar-refractivity contribution >= 4 is 70.6 Å². The van der Waals surface area contributed by atoms with Gasteiger partial charge in [0.1, 0.15) is 19.5 Å². The minimum Gasteiger partial charge on any atom is -0.445 e. The summed E-state index contributed by atoms with van der Waals surface area (Å²) in [6, 6.07) is 11.1. The number of likely N-dealkylation sites (tertiary alicyclic amines) is 1. The summed E-state index contributed by atoms with van der Waals surface area (Å²) in [4.78, 5) is 114. The molecule has 0 bridgehead atoms. The van der Waals surface area contributed by atoms with Crippen LogP contribution in [0.15, 0.2) is 60.7 Å². The summed E-state index contributed by atoms with van der Waals surface area (Å²) in [7, 11) is 6.18. The van der Waals surface area contributed by atoms with E-state index in [0.29, 0.717) is 36.9 Å². The highest BCUT2D eigenvalue weighted by molar-refractivity contribution is 7.99. The zero-order chi connectivity index (χ0) is 62.2. The quantitative estimate of drug-likeness (QED) is 0.0478. The van der Waals surface area contributed by atoms with E-state index in [9.17, 15) is 43.5 Å². The van der Waals surface area contributed by atoms with Crippen molar-refractivity contribution in [2.75, 3.05) is 84.1 Å². The molecular formula is C61H93N7O15S. The molecule has 0 spiro atoms. The first-order valence-electron chi connectivity index (χ1n) is 29.0. The molecule has 468 valence electrons. The largest absolute Gasteiger partial charge is 0.445 e. The van der Waals surface area contributed by atoms with Gasteiger partial charge in [0.2, 0.25) is 29.5 Å². The number of hydrogen-bond acceptors (Lipinski definition) is 16. The van der Waals surface area contributed by atoms with Gasteiger partial charge in [-0.1, -0.05) is 97.4 Å². The molecule has 2 heterocycles. The van der Waals surface area contributed by atoms with E-state index in [1.807, 2.05) is 45.9 Å². The highest BCUT2D eigenvalue weighted by atomic mass is 32.2. The highest BCUT2D eigenvalue weighted by Crippen LogP contribution is 2.32. The van der Waals surface area contributed by atoms with Crippen LogP contribution in [0, 0.1) is 29.6 Å². The third-order valence-electron chi connectivity index (χ3n) is 15.6. The summed E-state index contributed by atoms with van der Waals surface area (Å²) < 4.78 is 33.9. The lowest BCUT2D eigenvalue weighted by Gasteiger charge is -2.41. The van der Waals surface area contributed by atoms with E-state index in [-0.39, 0.29) is 111 Å². The number of methoxy groups -OCH3 is 2. The average Bonchev–Trinajstić information content (AvgIpc) is 3.44. The van der Waals surface area contributed by atoms with Crippen molar-refractivity contribution in [1.82, 2.24) is 25.3 Å². The number of aliphatic hydroxyl groups is 1. The van der Waals surface area contributed by atoms with Crippen LogP contribution in [0.2, 0.25) is 0 Å². The molecule has 0 aliphatic carbocycles. The number of rotatable bonds is 31. The molecule has 1 fully saturated rings. The molecule has 7 amide bonds. The summed E-state index contributed by atoms with van der Waals surface area (Å²) in [6.45, 7) is 15.4. The lowest BCUT2D eigenvalue weighted by molar-refractivity contribution is -0.149. The molecule has 2 aromatic carbocycles. The lowest BCUT2D eigenvalue weighted by atomic mass is 9.83. The van der Waals surface area contributed by atoms with Gasteiger partial charge in [0.15, 0.2) is 5.78 Å². The molecule has 4 rings (SSSR count). The Morgan fingerprint density at radius 3 is 2.21 bits per heavy atom. The molecule has 2 aliphatic heterocycles. The second-order valence-corrected chi connectivity index (χ2v) is 23.3. The van der Waals surface area contributed by atoms with E-state index in [1.54, 1.807) is 81.1 Å². The van der Waals surface area contributed by atoms with Crippen LogP contribution in [0.1, 0.15) is 111 Å². The van der Waals surface area contributed by atoms with E-state index in [1.165, 1.54) is 50.1 Å². The summed E-state index contributed by atoms with van der Waals surface area (Å²) in [6.07, 6.45) is 2.02. The Kier molecular flexibility index (Phi) is 29.6. The zero-order valence-corrected chi connectivity index (χ0v) is 52.2. The number of aliphatic hydroxyl groups excluding tert-OH is 1. The number of nitrogens with zero attached hydrogens (tertiary/aromatic N) is 3. The van der Waals surface area contributed by atoms with Gasteiger partial charge in [-0.05, 0) is 73.1 Å². The topological polar surface area (TPSA) is 270 Å². The van der Waals surface area contributed by atoms with Crippen molar-refractivity contribution < 1.29 is 71.9 Å². The lowest BCUT2D eigenvalue weighted by Crippen LogP contribution is -2.55. The molecule has 84 heavy (non-hydrogen) atoms. The van der Waals surface area contributed by atoms with Crippen LogP contribution in [-0.2, 0) is 63.8 Å². The van der Waals surface area contributed by atoms with Crippen molar-refractivity contribution in [2.24, 2.45) is 29.6 Å². The third kappa shape index (κ3) is 20.8. The maximum Gasteiger partial charge on any atom is 0.412 e. The second kappa shape index (κ2) is 35.4. The van der Waals surface area contributed by atoms with Crippen LogP contribution in [-0.4, -0.2) is 183 Å². The zero-order valence-electron chi connectivity index (χ0n) is 51.4. The summed E-state index contributed by atoms with van der Waals surface area (Å²) in [5.74, 6) is -4.01. The SMILES string of the molecule is CC[C@H](C)[C@@H]([C@@H](CC(=O)N1CCC[C@H]1[C@H](OC)[C@@H](C)C(=O)N[C@H](C)[C@@H](O)c1ccccc1)OC)N(C)C(=O)[C@@H](CC(=O)[C@H](C(C)C)N(C)C(=O)OCc1ccc(NC(=O)OC2/C=C/COCOC2)c(NC(=O)CCNC(=O)CSC)c1)C(C)C. The predicted octanol–water partition coefficient (Wildman–Crippen LogP) is 6.96. The Morgan fingerprint density at radius 1 is 0.857 bits per heavy atom. The molecule has 0 saturated carbocycles. The molecule has 5 N–H and O–H groups in total. The molecule has 22 nitrogen and oxygen atoms in total. The average molecular weight is 1200 g/mol. The smallest absolute Gasteiger partial charge is 0.412 e. The van der Waals surface area contributed by atoms with Gasteiger partial charge in [-0.25, -0.2) is 9.59 Å². The van der Waals surface area contributed by atoms with Crippen LogP contribution in [0.4, 0.5) is 21.0 Å². The number of Topliss-reactive ketones (excluding diaryl/α,β-unsaturated/α-hetero) is 1. The van der Waals surface area contributed by atoms with Gasteiger partial charge >= 0.3 is 12.2 Å². The fraction of sp³-hybridized carbons (Fsp3) is 0.639. The Morgan fingerprint density at radius 2 is 1.57 bits per heavy atom. The van der Waals surface area contributed by atoms with Crippen LogP contribution < -0.4 is 21.3 Å². The fourth-order valence-corrected chi connectivity index (χ4v) is 11.2. The number of amides is 7. The van der Waals surface area contributed by atoms with Crippen LogP contribution in [0.25, 0.3) is 0 Å². The van der Waals surface area contributed by atoms with Crippen molar-refractivity contribution in [3.05, 3.63) is 71.8 Å². The third-order valence-corrected chi connectivity index (χ3v) is 16.2. The van der Waals surface area contributed by atoms with E-state index in [0.717, 1.165) is 0 Å². The van der Waals surface area contributed by atoms with Gasteiger partial charge < -0.3 is 64.2 Å². The summed E-state index contributed by atoms with van der Waals surface area (Å²) in [5.41, 5.74) is 1.43. The van der Waals surface area contributed by atoms with Gasteiger partial charge in [0, 0.05) is 60.2 Å². The molecule has 2 aliphatic rings.